The van der Waals surface area contributed by atoms with Crippen molar-refractivity contribution in [3.63, 3.8) is 0 Å². The molecule has 0 amide bonds. The molecule has 0 aromatic heterocycles. The number of rotatable bonds is 3. The van der Waals surface area contributed by atoms with Crippen LogP contribution in [0, 0.1) is 6.92 Å². The van der Waals surface area contributed by atoms with Gasteiger partial charge in [0.2, 0.25) is 10.0 Å². The van der Waals surface area contributed by atoms with E-state index in [1.807, 2.05) is 6.07 Å². The SMILES string of the molecule is Cc1cc(Br)ccc1S(=O)(=O)NC1CC2CCC1O2. The van der Waals surface area contributed by atoms with Crippen molar-refractivity contribution in [1.29, 1.82) is 0 Å². The molecule has 0 aliphatic carbocycles. The Kier molecular flexibility index (Phi) is 3.45. The first-order valence-electron chi connectivity index (χ1n) is 6.40. The Balaban J connectivity index is 1.83. The molecule has 2 heterocycles. The lowest BCUT2D eigenvalue weighted by Gasteiger charge is -2.20. The Morgan fingerprint density at radius 1 is 1.37 bits per heavy atom. The molecule has 6 heteroatoms. The van der Waals surface area contributed by atoms with Gasteiger partial charge in [0, 0.05) is 4.47 Å². The first kappa shape index (κ1) is 13.5. The Hall–Kier alpha value is -0.430. The Labute approximate surface area is 121 Å². The van der Waals surface area contributed by atoms with Crippen LogP contribution in [0.3, 0.4) is 0 Å². The Bertz CT molecular complexity index is 602. The van der Waals surface area contributed by atoms with E-state index in [1.165, 1.54) is 0 Å². The molecular weight excluding hydrogens is 330 g/mol. The molecule has 2 bridgehead atoms. The van der Waals surface area contributed by atoms with Gasteiger partial charge in [-0.1, -0.05) is 15.9 Å². The van der Waals surface area contributed by atoms with Crippen molar-refractivity contribution in [3.8, 4) is 0 Å². The molecular formula is C13H16BrNO3S. The Morgan fingerprint density at radius 2 is 2.16 bits per heavy atom. The number of fused-ring (bicyclic) bond motifs is 2. The van der Waals surface area contributed by atoms with E-state index in [1.54, 1.807) is 19.1 Å². The smallest absolute Gasteiger partial charge is 0.241 e. The van der Waals surface area contributed by atoms with Gasteiger partial charge in [-0.25, -0.2) is 13.1 Å². The van der Waals surface area contributed by atoms with Crippen molar-refractivity contribution in [3.05, 3.63) is 28.2 Å². The van der Waals surface area contributed by atoms with E-state index in [0.29, 0.717) is 4.90 Å². The highest BCUT2D eigenvalue weighted by Gasteiger charge is 2.42. The van der Waals surface area contributed by atoms with Gasteiger partial charge in [-0.2, -0.15) is 0 Å². The number of halogens is 1. The molecule has 3 atom stereocenters. The van der Waals surface area contributed by atoms with E-state index < -0.39 is 10.0 Å². The first-order valence-corrected chi connectivity index (χ1v) is 8.67. The molecule has 0 saturated carbocycles. The zero-order valence-electron chi connectivity index (χ0n) is 10.6. The standard InChI is InChI=1S/C13H16BrNO3S/c1-8-6-9(14)2-5-13(8)19(16,17)15-11-7-10-3-4-12(11)18-10/h2,5-6,10-12,15H,3-4,7H2,1H3. The summed E-state index contributed by atoms with van der Waals surface area (Å²) in [5, 5.41) is 0. The van der Waals surface area contributed by atoms with Crippen LogP contribution in [0.2, 0.25) is 0 Å². The molecule has 2 aliphatic rings. The van der Waals surface area contributed by atoms with Gasteiger partial charge in [0.1, 0.15) is 0 Å². The van der Waals surface area contributed by atoms with Crippen molar-refractivity contribution in [1.82, 2.24) is 4.72 Å². The summed E-state index contributed by atoms with van der Waals surface area (Å²) >= 11 is 3.34. The summed E-state index contributed by atoms with van der Waals surface area (Å²) < 4.78 is 34.2. The van der Waals surface area contributed by atoms with Crippen molar-refractivity contribution in [2.75, 3.05) is 0 Å². The number of sulfonamides is 1. The predicted molar refractivity (Wildman–Crippen MR) is 75.5 cm³/mol. The summed E-state index contributed by atoms with van der Waals surface area (Å²) in [5.41, 5.74) is 0.742. The quantitative estimate of drug-likeness (QED) is 0.914. The van der Waals surface area contributed by atoms with Crippen molar-refractivity contribution in [2.45, 2.75) is 49.3 Å². The maximum atomic E-state index is 12.4. The van der Waals surface area contributed by atoms with Crippen LogP contribution in [0.1, 0.15) is 24.8 Å². The average molecular weight is 346 g/mol. The van der Waals surface area contributed by atoms with Gasteiger partial charge in [0.15, 0.2) is 0 Å². The molecule has 4 nitrogen and oxygen atoms in total. The Morgan fingerprint density at radius 3 is 2.74 bits per heavy atom. The molecule has 3 rings (SSSR count). The van der Waals surface area contributed by atoms with Gasteiger partial charge in [0.05, 0.1) is 23.1 Å². The van der Waals surface area contributed by atoms with E-state index >= 15 is 0 Å². The number of nitrogens with one attached hydrogen (secondary N) is 1. The summed E-state index contributed by atoms with van der Waals surface area (Å²) in [6, 6.07) is 5.12. The van der Waals surface area contributed by atoms with Gasteiger partial charge in [-0.3, -0.25) is 0 Å². The second-order valence-corrected chi connectivity index (χ2v) is 7.85. The van der Waals surface area contributed by atoms with Crippen LogP contribution in [0.25, 0.3) is 0 Å². The second kappa shape index (κ2) is 4.84. The topological polar surface area (TPSA) is 55.4 Å². The van der Waals surface area contributed by atoms with E-state index in [2.05, 4.69) is 20.7 Å². The summed E-state index contributed by atoms with van der Waals surface area (Å²) in [4.78, 5) is 0.346. The zero-order valence-corrected chi connectivity index (χ0v) is 13.0. The van der Waals surface area contributed by atoms with Crippen LogP contribution in [0.15, 0.2) is 27.6 Å². The lowest BCUT2D eigenvalue weighted by Crippen LogP contribution is -2.41. The molecule has 2 saturated heterocycles. The van der Waals surface area contributed by atoms with Crippen LogP contribution in [-0.4, -0.2) is 26.7 Å². The van der Waals surface area contributed by atoms with Gasteiger partial charge in [0.25, 0.3) is 0 Å². The van der Waals surface area contributed by atoms with Crippen molar-refractivity contribution in [2.24, 2.45) is 0 Å². The minimum Gasteiger partial charge on any atom is -0.373 e. The molecule has 0 spiro atoms. The fourth-order valence-corrected chi connectivity index (χ4v) is 4.92. The summed E-state index contributed by atoms with van der Waals surface area (Å²) in [6.07, 6.45) is 3.09. The molecule has 19 heavy (non-hydrogen) atoms. The van der Waals surface area contributed by atoms with Gasteiger partial charge >= 0.3 is 0 Å². The predicted octanol–water partition coefficient (Wildman–Crippen LogP) is 2.36. The number of ether oxygens (including phenoxy) is 1. The third kappa shape index (κ3) is 2.59. The van der Waals surface area contributed by atoms with Gasteiger partial charge in [-0.05, 0) is 49.9 Å². The molecule has 1 N–H and O–H groups in total. The largest absolute Gasteiger partial charge is 0.373 e. The average Bonchev–Trinajstić information content (AvgIpc) is 2.89. The third-order valence-electron chi connectivity index (χ3n) is 3.84. The fraction of sp³-hybridized carbons (Fsp3) is 0.538. The molecule has 0 radical (unpaired) electrons. The number of hydrogen-bond donors (Lipinski definition) is 1. The normalized spacial score (nSPS) is 29.9. The highest BCUT2D eigenvalue weighted by Crippen LogP contribution is 2.35. The summed E-state index contributed by atoms with van der Waals surface area (Å²) in [6.45, 7) is 1.80. The van der Waals surface area contributed by atoms with E-state index in [4.69, 9.17) is 4.74 Å². The maximum absolute atomic E-state index is 12.4. The van der Waals surface area contributed by atoms with Gasteiger partial charge in [-0.15, -0.1) is 0 Å². The van der Waals surface area contributed by atoms with Crippen molar-refractivity contribution < 1.29 is 13.2 Å². The molecule has 1 aromatic rings. The number of hydrogen-bond acceptors (Lipinski definition) is 3. The minimum atomic E-state index is -3.46. The first-order chi connectivity index (χ1) is 8.95. The number of benzene rings is 1. The molecule has 3 unspecified atom stereocenters. The minimum absolute atomic E-state index is 0.0514. The van der Waals surface area contributed by atoms with E-state index in [9.17, 15) is 8.42 Å². The van der Waals surface area contributed by atoms with Crippen LogP contribution in [0.4, 0.5) is 0 Å². The summed E-state index contributed by atoms with van der Waals surface area (Å²) in [5.74, 6) is 0. The zero-order chi connectivity index (χ0) is 13.6. The van der Waals surface area contributed by atoms with Crippen LogP contribution in [0.5, 0.6) is 0 Å². The lowest BCUT2D eigenvalue weighted by molar-refractivity contribution is 0.0996. The number of aryl methyl sites for hydroxylation is 1. The molecule has 1 aromatic carbocycles. The van der Waals surface area contributed by atoms with Crippen LogP contribution >= 0.6 is 15.9 Å². The lowest BCUT2D eigenvalue weighted by atomic mass is 9.96. The highest BCUT2D eigenvalue weighted by atomic mass is 79.9. The molecule has 2 fully saturated rings. The fourth-order valence-electron chi connectivity index (χ4n) is 2.94. The third-order valence-corrected chi connectivity index (χ3v) is 5.98. The summed E-state index contributed by atoms with van der Waals surface area (Å²) in [7, 11) is -3.46. The van der Waals surface area contributed by atoms with Crippen molar-refractivity contribution >= 4 is 26.0 Å². The molecule has 2 aliphatic heterocycles. The van der Waals surface area contributed by atoms with E-state index in [0.717, 1.165) is 29.3 Å². The van der Waals surface area contributed by atoms with Gasteiger partial charge < -0.3 is 4.74 Å². The monoisotopic (exact) mass is 345 g/mol. The molecule has 104 valence electrons. The van der Waals surface area contributed by atoms with Crippen LogP contribution < -0.4 is 4.72 Å². The maximum Gasteiger partial charge on any atom is 0.241 e. The highest BCUT2D eigenvalue weighted by molar-refractivity contribution is 9.10. The van der Waals surface area contributed by atoms with E-state index in [-0.39, 0.29) is 18.2 Å². The van der Waals surface area contributed by atoms with Crippen LogP contribution in [-0.2, 0) is 14.8 Å². The second-order valence-electron chi connectivity index (χ2n) is 5.25.